The molecule has 8 nitrogen and oxygen atoms in total. The summed E-state index contributed by atoms with van der Waals surface area (Å²) in [7, 11) is 0. The summed E-state index contributed by atoms with van der Waals surface area (Å²) in [5.74, 6) is -1.22. The van der Waals surface area contributed by atoms with E-state index in [0.717, 1.165) is 0 Å². The Morgan fingerprint density at radius 2 is 2.00 bits per heavy atom. The zero-order valence-electron chi connectivity index (χ0n) is 13.4. The normalized spacial score (nSPS) is 10.1. The maximum absolute atomic E-state index is 11.4. The molecule has 130 valence electrons. The number of nitro benzene ring substituents is 1. The minimum Gasteiger partial charge on any atom is -0.489 e. The third kappa shape index (κ3) is 4.77. The average Bonchev–Trinajstić information content (AvgIpc) is 2.60. The van der Waals surface area contributed by atoms with E-state index in [0.29, 0.717) is 5.56 Å². The molecule has 0 saturated carbocycles. The number of nitro groups is 1. The Kier molecular flexibility index (Phi) is 5.67. The number of carboxylic acid groups (broad SMARTS) is 1. The first-order valence-corrected chi connectivity index (χ1v) is 7.44. The lowest BCUT2D eigenvalue weighted by atomic mass is 10.1. The third-order valence-electron chi connectivity index (χ3n) is 3.34. The molecule has 1 amide bonds. The zero-order chi connectivity index (χ0) is 18.4. The summed E-state index contributed by atoms with van der Waals surface area (Å²) in [5.41, 5.74) is 0.611. The van der Waals surface area contributed by atoms with E-state index >= 15 is 0 Å². The summed E-state index contributed by atoms with van der Waals surface area (Å²) >= 11 is 0. The number of anilines is 1. The highest BCUT2D eigenvalue weighted by molar-refractivity contribution is 6.00. The summed E-state index contributed by atoms with van der Waals surface area (Å²) < 4.78 is 5.51. The smallest absolute Gasteiger partial charge is 0.337 e. The van der Waals surface area contributed by atoms with E-state index in [2.05, 4.69) is 5.32 Å². The Morgan fingerprint density at radius 1 is 1.24 bits per heavy atom. The second kappa shape index (κ2) is 7.91. The highest BCUT2D eigenvalue weighted by Gasteiger charge is 2.14. The van der Waals surface area contributed by atoms with Crippen molar-refractivity contribution < 1.29 is 24.4 Å². The number of nitrogens with one attached hydrogen (secondary N) is 1. The molecule has 0 aliphatic rings. The van der Waals surface area contributed by atoms with Crippen molar-refractivity contribution in [2.75, 3.05) is 5.32 Å². The lowest BCUT2D eigenvalue weighted by molar-refractivity contribution is -0.384. The molecule has 2 aromatic carbocycles. The van der Waals surface area contributed by atoms with Gasteiger partial charge in [-0.1, -0.05) is 19.1 Å². The number of non-ortho nitro benzene ring substituents is 1. The summed E-state index contributed by atoms with van der Waals surface area (Å²) in [5, 5.41) is 22.6. The lowest BCUT2D eigenvalue weighted by Gasteiger charge is -2.11. The molecule has 0 fully saturated rings. The van der Waals surface area contributed by atoms with Crippen LogP contribution in [-0.4, -0.2) is 21.9 Å². The topological polar surface area (TPSA) is 119 Å². The number of benzene rings is 2. The molecule has 0 radical (unpaired) electrons. The second-order valence-corrected chi connectivity index (χ2v) is 5.13. The van der Waals surface area contributed by atoms with Crippen LogP contribution in [0.5, 0.6) is 5.75 Å². The van der Waals surface area contributed by atoms with Gasteiger partial charge in [0.05, 0.1) is 16.2 Å². The second-order valence-electron chi connectivity index (χ2n) is 5.13. The highest BCUT2D eigenvalue weighted by Crippen LogP contribution is 2.24. The molecule has 8 heteroatoms. The number of rotatable bonds is 7. The van der Waals surface area contributed by atoms with E-state index in [1.165, 1.54) is 30.3 Å². The number of aromatic carboxylic acids is 1. The fraction of sp³-hybridized carbons (Fsp3) is 0.176. The van der Waals surface area contributed by atoms with Gasteiger partial charge in [-0.2, -0.15) is 0 Å². The van der Waals surface area contributed by atoms with Gasteiger partial charge >= 0.3 is 5.97 Å². The van der Waals surface area contributed by atoms with Crippen LogP contribution in [-0.2, 0) is 11.4 Å². The Bertz CT molecular complexity index is 819. The van der Waals surface area contributed by atoms with Crippen molar-refractivity contribution >= 4 is 23.3 Å². The van der Waals surface area contributed by atoms with Crippen molar-refractivity contribution in [1.29, 1.82) is 0 Å². The van der Waals surface area contributed by atoms with Crippen LogP contribution in [0.1, 0.15) is 29.3 Å². The molecule has 0 aliphatic carbocycles. The molecule has 0 aromatic heterocycles. The zero-order valence-corrected chi connectivity index (χ0v) is 13.4. The molecule has 2 N–H and O–H groups in total. The number of hydrogen-bond donors (Lipinski definition) is 2. The van der Waals surface area contributed by atoms with Crippen molar-refractivity contribution in [2.45, 2.75) is 20.0 Å². The minimum absolute atomic E-state index is 0.0431. The number of amides is 1. The Balaban J connectivity index is 2.16. The van der Waals surface area contributed by atoms with Crippen molar-refractivity contribution in [3.63, 3.8) is 0 Å². The molecule has 0 saturated heterocycles. The van der Waals surface area contributed by atoms with Gasteiger partial charge in [0.1, 0.15) is 12.4 Å². The molecule has 25 heavy (non-hydrogen) atoms. The molecule has 0 aliphatic heterocycles. The summed E-state index contributed by atoms with van der Waals surface area (Å²) in [6.07, 6.45) is 0.226. The molecule has 0 atom stereocenters. The predicted molar refractivity (Wildman–Crippen MR) is 89.8 cm³/mol. The van der Waals surface area contributed by atoms with Crippen molar-refractivity contribution in [2.24, 2.45) is 0 Å². The van der Waals surface area contributed by atoms with Crippen LogP contribution >= 0.6 is 0 Å². The van der Waals surface area contributed by atoms with Gasteiger partial charge in [0.15, 0.2) is 0 Å². The number of hydrogen-bond acceptors (Lipinski definition) is 5. The fourth-order valence-corrected chi connectivity index (χ4v) is 2.06. The van der Waals surface area contributed by atoms with Gasteiger partial charge in [-0.05, 0) is 23.8 Å². The standard InChI is InChI=1S/C17H16N2O6/c1-2-16(20)18-15-7-6-13(9-14(15)17(21)22)25-10-11-4-3-5-12(8-11)19(23)24/h3-9H,2,10H2,1H3,(H,18,20)(H,21,22). The van der Waals surface area contributed by atoms with Gasteiger partial charge in [0.25, 0.3) is 5.69 Å². The van der Waals surface area contributed by atoms with Crippen LogP contribution in [0.4, 0.5) is 11.4 Å². The molecular weight excluding hydrogens is 328 g/mol. The average molecular weight is 344 g/mol. The van der Waals surface area contributed by atoms with Crippen molar-refractivity contribution in [3.05, 3.63) is 63.7 Å². The SMILES string of the molecule is CCC(=O)Nc1ccc(OCc2cccc([N+](=O)[O-])c2)cc1C(=O)O. The minimum atomic E-state index is -1.20. The Hall–Kier alpha value is -3.42. The van der Waals surface area contributed by atoms with Gasteiger partial charge in [-0.3, -0.25) is 14.9 Å². The first kappa shape index (κ1) is 17.9. The molecular formula is C17H16N2O6. The summed E-state index contributed by atoms with van der Waals surface area (Å²) in [6, 6.07) is 10.2. The molecule has 0 unspecified atom stereocenters. The predicted octanol–water partition coefficient (Wildman–Crippen LogP) is 3.22. The maximum atomic E-state index is 11.4. The monoisotopic (exact) mass is 344 g/mol. The fourth-order valence-electron chi connectivity index (χ4n) is 2.06. The molecule has 2 aromatic rings. The number of carbonyl (C=O) groups excluding carboxylic acids is 1. The van der Waals surface area contributed by atoms with E-state index in [1.54, 1.807) is 19.1 Å². The van der Waals surface area contributed by atoms with E-state index in [4.69, 9.17) is 4.74 Å². The van der Waals surface area contributed by atoms with Crippen LogP contribution in [0.15, 0.2) is 42.5 Å². The van der Waals surface area contributed by atoms with Crippen LogP contribution in [0.3, 0.4) is 0 Å². The Morgan fingerprint density at radius 3 is 2.64 bits per heavy atom. The molecule has 0 heterocycles. The van der Waals surface area contributed by atoms with Crippen LogP contribution < -0.4 is 10.1 Å². The number of carbonyl (C=O) groups is 2. The van der Waals surface area contributed by atoms with Crippen LogP contribution in [0.2, 0.25) is 0 Å². The summed E-state index contributed by atoms with van der Waals surface area (Å²) in [4.78, 5) is 33.1. The Labute approximate surface area is 143 Å². The molecule has 0 bridgehead atoms. The van der Waals surface area contributed by atoms with Crippen molar-refractivity contribution in [3.8, 4) is 5.75 Å². The number of nitrogens with zero attached hydrogens (tertiary/aromatic N) is 1. The van der Waals surface area contributed by atoms with E-state index in [-0.39, 0.29) is 41.6 Å². The van der Waals surface area contributed by atoms with E-state index in [1.807, 2.05) is 0 Å². The quantitative estimate of drug-likeness (QED) is 0.588. The van der Waals surface area contributed by atoms with E-state index in [9.17, 15) is 24.8 Å². The van der Waals surface area contributed by atoms with Gasteiger partial charge in [0.2, 0.25) is 5.91 Å². The largest absolute Gasteiger partial charge is 0.489 e. The maximum Gasteiger partial charge on any atom is 0.337 e. The first-order chi connectivity index (χ1) is 11.9. The van der Waals surface area contributed by atoms with Crippen LogP contribution in [0, 0.1) is 10.1 Å². The highest BCUT2D eigenvalue weighted by atomic mass is 16.6. The first-order valence-electron chi connectivity index (χ1n) is 7.44. The number of carboxylic acids is 1. The van der Waals surface area contributed by atoms with Gasteiger partial charge in [-0.25, -0.2) is 4.79 Å². The summed E-state index contributed by atoms with van der Waals surface area (Å²) in [6.45, 7) is 1.70. The number of ether oxygens (including phenoxy) is 1. The molecule has 0 spiro atoms. The lowest BCUT2D eigenvalue weighted by Crippen LogP contribution is -2.13. The third-order valence-corrected chi connectivity index (χ3v) is 3.34. The van der Waals surface area contributed by atoms with Gasteiger partial charge in [0, 0.05) is 18.6 Å². The van der Waals surface area contributed by atoms with Crippen LogP contribution in [0.25, 0.3) is 0 Å². The van der Waals surface area contributed by atoms with Crippen molar-refractivity contribution in [1.82, 2.24) is 0 Å². The van der Waals surface area contributed by atoms with Gasteiger partial charge in [-0.15, -0.1) is 0 Å². The van der Waals surface area contributed by atoms with E-state index < -0.39 is 10.9 Å². The van der Waals surface area contributed by atoms with Gasteiger partial charge < -0.3 is 15.2 Å². The molecule has 2 rings (SSSR count).